The van der Waals surface area contributed by atoms with Crippen molar-refractivity contribution in [1.29, 1.82) is 0 Å². The third kappa shape index (κ3) is 2.18. The number of rotatable bonds is 2. The molecule has 128 valence electrons. The first-order valence-corrected chi connectivity index (χ1v) is 8.95. The highest BCUT2D eigenvalue weighted by Gasteiger charge is 2.52. The van der Waals surface area contributed by atoms with Crippen LogP contribution >= 0.6 is 0 Å². The topological polar surface area (TPSA) is 49.9 Å². The summed E-state index contributed by atoms with van der Waals surface area (Å²) in [7, 11) is 0. The number of carbonyl (C=O) groups is 2. The van der Waals surface area contributed by atoms with Gasteiger partial charge < -0.3 is 14.5 Å². The molecule has 5 heteroatoms. The van der Waals surface area contributed by atoms with Gasteiger partial charge in [-0.3, -0.25) is 9.59 Å². The molecule has 1 spiro atoms. The highest BCUT2D eigenvalue weighted by Crippen LogP contribution is 2.47. The minimum atomic E-state index is -0.435. The van der Waals surface area contributed by atoms with Gasteiger partial charge in [-0.1, -0.05) is 18.2 Å². The number of piperidine rings is 1. The molecule has 0 aliphatic carbocycles. The van der Waals surface area contributed by atoms with Gasteiger partial charge >= 0.3 is 0 Å². The van der Waals surface area contributed by atoms with Crippen molar-refractivity contribution >= 4 is 17.5 Å². The molecule has 2 saturated heterocycles. The van der Waals surface area contributed by atoms with E-state index in [0.29, 0.717) is 32.8 Å². The average Bonchev–Trinajstić information content (AvgIpc) is 3.23. The molecule has 2 amide bonds. The number of anilines is 1. The zero-order valence-corrected chi connectivity index (χ0v) is 14.2. The van der Waals surface area contributed by atoms with Gasteiger partial charge in [-0.25, -0.2) is 0 Å². The van der Waals surface area contributed by atoms with E-state index in [2.05, 4.69) is 6.07 Å². The first kappa shape index (κ1) is 15.6. The van der Waals surface area contributed by atoms with E-state index in [9.17, 15) is 9.59 Å². The summed E-state index contributed by atoms with van der Waals surface area (Å²) in [5.41, 5.74) is 1.76. The van der Waals surface area contributed by atoms with Crippen LogP contribution in [0.1, 0.15) is 31.7 Å². The summed E-state index contributed by atoms with van der Waals surface area (Å²) >= 11 is 0. The number of hydrogen-bond donors (Lipinski definition) is 0. The fraction of sp³-hybridized carbons (Fsp3) is 0.579. The number of nitrogens with zero attached hydrogens (tertiary/aromatic N) is 2. The van der Waals surface area contributed by atoms with E-state index in [4.69, 9.17) is 4.74 Å². The molecule has 3 heterocycles. The Balaban J connectivity index is 1.56. The van der Waals surface area contributed by atoms with Crippen molar-refractivity contribution in [3.05, 3.63) is 29.8 Å². The molecule has 1 atom stereocenters. The van der Waals surface area contributed by atoms with Gasteiger partial charge in [0.15, 0.2) is 0 Å². The molecular formula is C19H24N2O3. The van der Waals surface area contributed by atoms with E-state index in [-0.39, 0.29) is 17.7 Å². The van der Waals surface area contributed by atoms with E-state index >= 15 is 0 Å². The third-order valence-electron chi connectivity index (χ3n) is 5.89. The minimum Gasteiger partial charge on any atom is -0.381 e. The molecule has 3 aliphatic rings. The second kappa shape index (κ2) is 5.88. The van der Waals surface area contributed by atoms with Crippen LogP contribution in [0.5, 0.6) is 0 Å². The van der Waals surface area contributed by atoms with Crippen LogP contribution in [0.2, 0.25) is 0 Å². The number of hydrogen-bond acceptors (Lipinski definition) is 3. The lowest BCUT2D eigenvalue weighted by Gasteiger charge is -2.39. The molecule has 0 radical (unpaired) electrons. The highest BCUT2D eigenvalue weighted by molar-refractivity contribution is 6.08. The Morgan fingerprint density at radius 2 is 2.04 bits per heavy atom. The van der Waals surface area contributed by atoms with Gasteiger partial charge in [0.05, 0.1) is 17.9 Å². The summed E-state index contributed by atoms with van der Waals surface area (Å²) in [4.78, 5) is 29.5. The number of amides is 2. The molecule has 0 bridgehead atoms. The first-order valence-electron chi connectivity index (χ1n) is 8.95. The van der Waals surface area contributed by atoms with E-state index in [1.807, 2.05) is 34.9 Å². The Hall–Kier alpha value is -1.88. The van der Waals surface area contributed by atoms with Gasteiger partial charge in [-0.15, -0.1) is 0 Å². The van der Waals surface area contributed by atoms with Crippen LogP contribution in [0.15, 0.2) is 24.3 Å². The highest BCUT2D eigenvalue weighted by atomic mass is 16.5. The number of carbonyl (C=O) groups excluding carboxylic acids is 2. The Labute approximate surface area is 142 Å². The molecule has 0 aromatic heterocycles. The number of para-hydroxylation sites is 1. The maximum atomic E-state index is 13.1. The zero-order valence-electron chi connectivity index (χ0n) is 14.2. The predicted octanol–water partition coefficient (Wildman–Crippen LogP) is 1.95. The van der Waals surface area contributed by atoms with E-state index < -0.39 is 5.41 Å². The monoisotopic (exact) mass is 328 g/mol. The van der Waals surface area contributed by atoms with Crippen molar-refractivity contribution in [3.63, 3.8) is 0 Å². The van der Waals surface area contributed by atoms with Crippen LogP contribution in [0.3, 0.4) is 0 Å². The van der Waals surface area contributed by atoms with Crippen LogP contribution in [-0.2, 0) is 19.7 Å². The van der Waals surface area contributed by atoms with Gasteiger partial charge in [-0.05, 0) is 37.8 Å². The van der Waals surface area contributed by atoms with E-state index in [1.54, 1.807) is 0 Å². The quantitative estimate of drug-likeness (QED) is 0.834. The molecule has 0 N–H and O–H groups in total. The van der Waals surface area contributed by atoms with Gasteiger partial charge in [0.1, 0.15) is 0 Å². The lowest BCUT2D eigenvalue weighted by atomic mass is 9.73. The summed E-state index contributed by atoms with van der Waals surface area (Å²) in [6.45, 7) is 5.27. The number of likely N-dealkylation sites (N-methyl/N-ethyl adjacent to an activating group) is 1. The van der Waals surface area contributed by atoms with Crippen LogP contribution in [0.4, 0.5) is 5.69 Å². The maximum absolute atomic E-state index is 13.1. The summed E-state index contributed by atoms with van der Waals surface area (Å²) < 4.78 is 5.35. The molecule has 4 rings (SSSR count). The molecule has 3 aliphatic heterocycles. The maximum Gasteiger partial charge on any atom is 0.237 e. The SMILES string of the molecule is CCN1C(=O)C2(CCN(C(=O)[C@@H]3CCOC3)CC2)c2ccccc21. The Morgan fingerprint density at radius 1 is 1.29 bits per heavy atom. The zero-order chi connectivity index (χ0) is 16.7. The molecule has 1 aromatic carbocycles. The Morgan fingerprint density at radius 3 is 2.71 bits per heavy atom. The molecular weight excluding hydrogens is 304 g/mol. The van der Waals surface area contributed by atoms with Gasteiger partial charge in [0, 0.05) is 31.9 Å². The average molecular weight is 328 g/mol. The molecule has 5 nitrogen and oxygen atoms in total. The number of fused-ring (bicyclic) bond motifs is 2. The van der Waals surface area contributed by atoms with Gasteiger partial charge in [-0.2, -0.15) is 0 Å². The standard InChI is InChI=1S/C19H24N2O3/c1-2-21-16-6-4-3-5-15(16)19(18(21)23)8-10-20(11-9-19)17(22)14-7-12-24-13-14/h3-6,14H,2,7-13H2,1H3/t14-/m1/s1. The number of ether oxygens (including phenoxy) is 1. The molecule has 2 fully saturated rings. The molecule has 1 aromatic rings. The largest absolute Gasteiger partial charge is 0.381 e. The normalized spacial score (nSPS) is 25.4. The second-order valence-corrected chi connectivity index (χ2v) is 7.03. The Bertz CT molecular complexity index is 658. The fourth-order valence-corrected chi connectivity index (χ4v) is 4.49. The van der Waals surface area contributed by atoms with E-state index in [0.717, 1.165) is 30.5 Å². The summed E-state index contributed by atoms with van der Waals surface area (Å²) in [6, 6.07) is 8.14. The fourth-order valence-electron chi connectivity index (χ4n) is 4.49. The van der Waals surface area contributed by atoms with E-state index in [1.165, 1.54) is 0 Å². The first-order chi connectivity index (χ1) is 11.7. The van der Waals surface area contributed by atoms with Crippen LogP contribution in [0, 0.1) is 5.92 Å². The van der Waals surface area contributed by atoms with Crippen molar-refractivity contribution in [1.82, 2.24) is 4.90 Å². The van der Waals surface area contributed by atoms with Crippen molar-refractivity contribution in [2.45, 2.75) is 31.6 Å². The smallest absolute Gasteiger partial charge is 0.237 e. The second-order valence-electron chi connectivity index (χ2n) is 7.03. The lowest BCUT2D eigenvalue weighted by molar-refractivity contribution is -0.139. The van der Waals surface area contributed by atoms with Crippen molar-refractivity contribution in [2.75, 3.05) is 37.7 Å². The van der Waals surface area contributed by atoms with Gasteiger partial charge in [0.2, 0.25) is 11.8 Å². The van der Waals surface area contributed by atoms with Gasteiger partial charge in [0.25, 0.3) is 0 Å². The van der Waals surface area contributed by atoms with Crippen molar-refractivity contribution < 1.29 is 14.3 Å². The van der Waals surface area contributed by atoms with Crippen LogP contribution in [0.25, 0.3) is 0 Å². The van der Waals surface area contributed by atoms with Crippen LogP contribution in [-0.4, -0.2) is 49.6 Å². The predicted molar refractivity (Wildman–Crippen MR) is 90.9 cm³/mol. The Kier molecular flexibility index (Phi) is 3.83. The lowest BCUT2D eigenvalue weighted by Crippen LogP contribution is -2.51. The molecule has 0 saturated carbocycles. The number of benzene rings is 1. The van der Waals surface area contributed by atoms with Crippen molar-refractivity contribution in [2.24, 2.45) is 5.92 Å². The van der Waals surface area contributed by atoms with Crippen molar-refractivity contribution in [3.8, 4) is 0 Å². The summed E-state index contributed by atoms with van der Waals surface area (Å²) in [5.74, 6) is 0.425. The minimum absolute atomic E-state index is 0.0118. The number of likely N-dealkylation sites (tertiary alicyclic amines) is 1. The summed E-state index contributed by atoms with van der Waals surface area (Å²) in [6.07, 6.45) is 2.27. The molecule has 0 unspecified atom stereocenters. The van der Waals surface area contributed by atoms with Crippen LogP contribution < -0.4 is 4.90 Å². The molecule has 24 heavy (non-hydrogen) atoms. The summed E-state index contributed by atoms with van der Waals surface area (Å²) in [5, 5.41) is 0. The third-order valence-corrected chi connectivity index (χ3v) is 5.89.